The van der Waals surface area contributed by atoms with Gasteiger partial charge in [0.25, 0.3) is 0 Å². The summed E-state index contributed by atoms with van der Waals surface area (Å²) in [6.45, 7) is 12.4. The Kier molecular flexibility index (Phi) is 14.1. The molecule has 0 bridgehead atoms. The number of hydrogen-bond donors (Lipinski definition) is 0. The lowest BCUT2D eigenvalue weighted by Crippen LogP contribution is -2.41. The highest BCUT2D eigenvalue weighted by Crippen LogP contribution is 2.23. The summed E-state index contributed by atoms with van der Waals surface area (Å²) in [5.41, 5.74) is 0. The Morgan fingerprint density at radius 2 is 0.857 bits per heavy atom. The van der Waals surface area contributed by atoms with Crippen LogP contribution in [0.1, 0.15) is 80.1 Å². The second kappa shape index (κ2) is 14.7. The normalized spacial score (nSPS) is 12.1. The second-order valence-corrected chi connectivity index (χ2v) is 5.96. The highest BCUT2D eigenvalue weighted by atomic mass is 16.9. The van der Waals surface area contributed by atoms with Gasteiger partial charge in [0.2, 0.25) is 0 Å². The fraction of sp³-hybridized carbons (Fsp3) is 0.900. The van der Waals surface area contributed by atoms with Gasteiger partial charge in [-0.1, -0.05) is 13.8 Å². The van der Waals surface area contributed by atoms with E-state index in [9.17, 15) is 9.59 Å². The van der Waals surface area contributed by atoms with E-state index in [4.69, 9.17) is 28.4 Å². The van der Waals surface area contributed by atoms with Gasteiger partial charge in [0.1, 0.15) is 0 Å². The molecule has 0 amide bonds. The number of carbonyl (C=O) groups is 2. The quantitative estimate of drug-likeness (QED) is 0.204. The summed E-state index contributed by atoms with van der Waals surface area (Å²) in [6.07, 6.45) is 2.06. The molecule has 0 fully saturated rings. The van der Waals surface area contributed by atoms with E-state index < -0.39 is 23.9 Å². The summed E-state index contributed by atoms with van der Waals surface area (Å²) in [5.74, 6) is -3.53. The molecule has 8 heteroatoms. The molecule has 28 heavy (non-hydrogen) atoms. The lowest BCUT2D eigenvalue weighted by Gasteiger charge is -2.31. The zero-order valence-electron chi connectivity index (χ0n) is 18.3. The third-order valence-electron chi connectivity index (χ3n) is 3.87. The van der Waals surface area contributed by atoms with E-state index in [0.717, 1.165) is 0 Å². The maximum Gasteiger partial charge on any atom is 0.328 e. The van der Waals surface area contributed by atoms with Gasteiger partial charge in [-0.2, -0.15) is 0 Å². The van der Waals surface area contributed by atoms with Gasteiger partial charge in [-0.25, -0.2) is 0 Å². The number of rotatable bonds is 17. The molecule has 0 radical (unpaired) electrons. The molecule has 0 aromatic heterocycles. The van der Waals surface area contributed by atoms with Crippen molar-refractivity contribution in [3.8, 4) is 0 Å². The predicted molar refractivity (Wildman–Crippen MR) is 103 cm³/mol. The van der Waals surface area contributed by atoms with Crippen LogP contribution in [0.25, 0.3) is 0 Å². The van der Waals surface area contributed by atoms with Crippen molar-refractivity contribution in [2.45, 2.75) is 92.0 Å². The van der Waals surface area contributed by atoms with E-state index in [1.807, 2.05) is 41.5 Å². The van der Waals surface area contributed by atoms with Crippen LogP contribution in [0.4, 0.5) is 0 Å². The molecule has 8 nitrogen and oxygen atoms in total. The van der Waals surface area contributed by atoms with E-state index in [1.54, 1.807) is 0 Å². The molecule has 0 atom stereocenters. The lowest BCUT2D eigenvalue weighted by atomic mass is 10.2. The Morgan fingerprint density at radius 1 is 0.571 bits per heavy atom. The van der Waals surface area contributed by atoms with Gasteiger partial charge in [-0.3, -0.25) is 9.59 Å². The number of hydrogen-bond acceptors (Lipinski definition) is 8. The first kappa shape index (κ1) is 26.8. The summed E-state index contributed by atoms with van der Waals surface area (Å²) >= 11 is 0. The maximum absolute atomic E-state index is 12.1. The number of esters is 2. The van der Waals surface area contributed by atoms with Gasteiger partial charge in [0, 0.05) is 25.7 Å². The molecule has 0 saturated carbocycles. The third kappa shape index (κ3) is 9.82. The van der Waals surface area contributed by atoms with Crippen molar-refractivity contribution in [3.63, 3.8) is 0 Å². The molecule has 0 heterocycles. The topological polar surface area (TPSA) is 89.5 Å². The largest absolute Gasteiger partial charge is 0.408 e. The summed E-state index contributed by atoms with van der Waals surface area (Å²) < 4.78 is 32.7. The third-order valence-corrected chi connectivity index (χ3v) is 3.87. The van der Waals surface area contributed by atoms with Gasteiger partial charge in [0.15, 0.2) is 0 Å². The molecule has 0 spiro atoms. The Labute approximate surface area is 169 Å². The Hall–Kier alpha value is -1.22. The minimum absolute atomic E-state index is 0.158. The minimum Gasteiger partial charge on any atom is -0.408 e. The van der Waals surface area contributed by atoms with Crippen molar-refractivity contribution >= 4 is 11.9 Å². The number of carbonyl (C=O) groups excluding carboxylic acids is 2. The van der Waals surface area contributed by atoms with Crippen molar-refractivity contribution < 1.29 is 38.0 Å². The van der Waals surface area contributed by atoms with E-state index >= 15 is 0 Å². The summed E-state index contributed by atoms with van der Waals surface area (Å²) in [5, 5.41) is 0. The molecule has 0 aromatic rings. The molecule has 0 aliphatic rings. The van der Waals surface area contributed by atoms with Gasteiger partial charge in [0.05, 0.1) is 26.4 Å². The van der Waals surface area contributed by atoms with E-state index in [2.05, 4.69) is 0 Å². The van der Waals surface area contributed by atoms with Gasteiger partial charge in [-0.15, -0.1) is 0 Å². The van der Waals surface area contributed by atoms with Gasteiger partial charge >= 0.3 is 23.9 Å². The summed E-state index contributed by atoms with van der Waals surface area (Å²) in [6, 6.07) is 0. The SMILES string of the molecule is CCOC(CC)(OCC)OC(=O)CCCCC(=O)OC(CC)(OCC)OCC. The van der Waals surface area contributed by atoms with Gasteiger partial charge < -0.3 is 28.4 Å². The van der Waals surface area contributed by atoms with Crippen LogP contribution in [0.3, 0.4) is 0 Å². The number of unbranched alkanes of at least 4 members (excludes halogenated alkanes) is 1. The first-order chi connectivity index (χ1) is 13.4. The maximum atomic E-state index is 12.1. The van der Waals surface area contributed by atoms with Crippen LogP contribution in [-0.2, 0) is 38.0 Å². The molecule has 0 aliphatic carbocycles. The van der Waals surface area contributed by atoms with E-state index in [1.165, 1.54) is 0 Å². The van der Waals surface area contributed by atoms with Crippen LogP contribution >= 0.6 is 0 Å². The van der Waals surface area contributed by atoms with Crippen molar-refractivity contribution in [3.05, 3.63) is 0 Å². The molecule has 0 aromatic carbocycles. The van der Waals surface area contributed by atoms with Crippen LogP contribution in [0.5, 0.6) is 0 Å². The number of ether oxygens (including phenoxy) is 6. The van der Waals surface area contributed by atoms with Crippen LogP contribution in [0.15, 0.2) is 0 Å². The first-order valence-electron chi connectivity index (χ1n) is 10.4. The molecular weight excluding hydrogens is 368 g/mol. The van der Waals surface area contributed by atoms with Crippen molar-refractivity contribution in [1.82, 2.24) is 0 Å². The van der Waals surface area contributed by atoms with E-state index in [0.29, 0.717) is 52.1 Å². The lowest BCUT2D eigenvalue weighted by molar-refractivity contribution is -0.362. The molecule has 0 unspecified atom stereocenters. The monoisotopic (exact) mass is 406 g/mol. The minimum atomic E-state index is -1.34. The molecule has 0 rings (SSSR count). The highest BCUT2D eigenvalue weighted by molar-refractivity contribution is 5.71. The Morgan fingerprint density at radius 3 is 1.07 bits per heavy atom. The van der Waals surface area contributed by atoms with Crippen LogP contribution < -0.4 is 0 Å². The molecule has 0 N–H and O–H groups in total. The molecule has 0 aliphatic heterocycles. The van der Waals surface area contributed by atoms with E-state index in [-0.39, 0.29) is 12.8 Å². The standard InChI is InChI=1S/C20H38O8/c1-7-19(23-9-3,24-10-4)27-17(21)15-13-14-16-18(22)28-20(8-2,25-11-5)26-12-6/h7-16H2,1-6H3. The molecular formula is C20H38O8. The van der Waals surface area contributed by atoms with Crippen LogP contribution in [0.2, 0.25) is 0 Å². The van der Waals surface area contributed by atoms with Crippen molar-refractivity contribution in [2.24, 2.45) is 0 Å². The smallest absolute Gasteiger partial charge is 0.328 e. The van der Waals surface area contributed by atoms with Crippen LogP contribution in [0, 0.1) is 0 Å². The second-order valence-electron chi connectivity index (χ2n) is 5.96. The average molecular weight is 407 g/mol. The first-order valence-corrected chi connectivity index (χ1v) is 10.4. The molecule has 0 saturated heterocycles. The zero-order chi connectivity index (χ0) is 21.5. The van der Waals surface area contributed by atoms with Crippen molar-refractivity contribution in [1.29, 1.82) is 0 Å². The molecule has 166 valence electrons. The zero-order valence-corrected chi connectivity index (χ0v) is 18.3. The summed E-state index contributed by atoms with van der Waals surface area (Å²) in [4.78, 5) is 24.2. The van der Waals surface area contributed by atoms with Gasteiger partial charge in [-0.05, 0) is 40.5 Å². The summed E-state index contributed by atoms with van der Waals surface area (Å²) in [7, 11) is 0. The Bertz CT molecular complexity index is 386. The highest BCUT2D eigenvalue weighted by Gasteiger charge is 2.35. The fourth-order valence-electron chi connectivity index (χ4n) is 2.62. The van der Waals surface area contributed by atoms with Crippen molar-refractivity contribution in [2.75, 3.05) is 26.4 Å². The fourth-order valence-corrected chi connectivity index (χ4v) is 2.62. The Balaban J connectivity index is 4.42. The average Bonchev–Trinajstić information content (AvgIpc) is 2.66. The predicted octanol–water partition coefficient (Wildman–Crippen LogP) is 3.91. The van der Waals surface area contributed by atoms with Crippen LogP contribution in [-0.4, -0.2) is 50.3 Å².